The van der Waals surface area contributed by atoms with Gasteiger partial charge in [-0.15, -0.1) is 0 Å². The molecule has 1 N–H and O–H groups in total. The molecule has 2 rings (SSSR count). The van der Waals surface area contributed by atoms with Crippen molar-refractivity contribution in [2.45, 2.75) is 20.3 Å². The average Bonchev–Trinajstić information content (AvgIpc) is 2.84. The first-order chi connectivity index (χ1) is 11.0. The predicted octanol–water partition coefficient (Wildman–Crippen LogP) is 2.02. The van der Waals surface area contributed by atoms with E-state index < -0.39 is 5.97 Å². The van der Waals surface area contributed by atoms with Crippen LogP contribution in [-0.4, -0.2) is 30.7 Å². The van der Waals surface area contributed by atoms with Crippen LogP contribution < -0.4 is 10.1 Å². The Morgan fingerprint density at radius 1 is 1.30 bits per heavy atom. The summed E-state index contributed by atoms with van der Waals surface area (Å²) in [6.07, 6.45) is 0.175. The van der Waals surface area contributed by atoms with Gasteiger partial charge in [0.25, 0.3) is 0 Å². The highest BCUT2D eigenvalue weighted by molar-refractivity contribution is 5.92. The number of nitrogens with zero attached hydrogens (tertiary/aromatic N) is 1. The summed E-state index contributed by atoms with van der Waals surface area (Å²) in [6.45, 7) is 3.37. The van der Waals surface area contributed by atoms with Gasteiger partial charge in [-0.2, -0.15) is 0 Å². The van der Waals surface area contributed by atoms with Crippen molar-refractivity contribution in [3.63, 3.8) is 0 Å². The third kappa shape index (κ3) is 4.57. The van der Waals surface area contributed by atoms with E-state index in [2.05, 4.69) is 15.2 Å². The van der Waals surface area contributed by atoms with Crippen molar-refractivity contribution >= 4 is 17.6 Å². The number of carbonyl (C=O) groups is 2. The van der Waals surface area contributed by atoms with Crippen LogP contribution in [0.5, 0.6) is 5.75 Å². The van der Waals surface area contributed by atoms with E-state index in [1.807, 2.05) is 0 Å². The zero-order valence-corrected chi connectivity index (χ0v) is 13.2. The fourth-order valence-electron chi connectivity index (χ4n) is 1.98. The molecular formula is C16H18N2O5. The van der Waals surface area contributed by atoms with E-state index in [-0.39, 0.29) is 18.9 Å². The SMILES string of the molecule is COC(=O)COc1cccc(NC(=O)Cc2c(C)noc2C)c1. The molecule has 0 saturated heterocycles. The lowest BCUT2D eigenvalue weighted by Crippen LogP contribution is -2.15. The minimum atomic E-state index is -0.474. The van der Waals surface area contributed by atoms with E-state index in [4.69, 9.17) is 9.26 Å². The van der Waals surface area contributed by atoms with Crippen molar-refractivity contribution in [2.75, 3.05) is 19.0 Å². The molecule has 0 aliphatic carbocycles. The second-order valence-corrected chi connectivity index (χ2v) is 4.92. The molecule has 7 heteroatoms. The lowest BCUT2D eigenvalue weighted by molar-refractivity contribution is -0.142. The second kappa shape index (κ2) is 7.44. The molecule has 0 aliphatic heterocycles. The van der Waals surface area contributed by atoms with Gasteiger partial charge in [0.2, 0.25) is 5.91 Å². The molecule has 1 aromatic heterocycles. The van der Waals surface area contributed by atoms with Crippen LogP contribution in [0.4, 0.5) is 5.69 Å². The van der Waals surface area contributed by atoms with E-state index in [1.54, 1.807) is 38.1 Å². The van der Waals surface area contributed by atoms with Gasteiger partial charge in [0.15, 0.2) is 6.61 Å². The first kappa shape index (κ1) is 16.5. The summed E-state index contributed by atoms with van der Waals surface area (Å²) in [4.78, 5) is 23.2. The molecule has 23 heavy (non-hydrogen) atoms. The van der Waals surface area contributed by atoms with Crippen LogP contribution >= 0.6 is 0 Å². The Morgan fingerprint density at radius 2 is 2.09 bits per heavy atom. The maximum atomic E-state index is 12.1. The second-order valence-electron chi connectivity index (χ2n) is 4.92. The number of anilines is 1. The Labute approximate surface area is 133 Å². The van der Waals surface area contributed by atoms with Gasteiger partial charge in [-0.05, 0) is 26.0 Å². The van der Waals surface area contributed by atoms with Crippen LogP contribution in [0.15, 0.2) is 28.8 Å². The Kier molecular flexibility index (Phi) is 5.35. The maximum Gasteiger partial charge on any atom is 0.343 e. The third-order valence-electron chi connectivity index (χ3n) is 3.22. The summed E-state index contributed by atoms with van der Waals surface area (Å²) in [7, 11) is 1.29. The summed E-state index contributed by atoms with van der Waals surface area (Å²) in [5, 5.41) is 6.59. The van der Waals surface area contributed by atoms with Crippen LogP contribution in [0.2, 0.25) is 0 Å². The van der Waals surface area contributed by atoms with Crippen molar-refractivity contribution in [3.05, 3.63) is 41.3 Å². The summed E-state index contributed by atoms with van der Waals surface area (Å²) < 4.78 is 14.8. The van der Waals surface area contributed by atoms with E-state index >= 15 is 0 Å². The number of nitrogens with one attached hydrogen (secondary N) is 1. The number of hydrogen-bond acceptors (Lipinski definition) is 6. The van der Waals surface area contributed by atoms with Gasteiger partial charge in [0.1, 0.15) is 11.5 Å². The lowest BCUT2D eigenvalue weighted by atomic mass is 10.1. The van der Waals surface area contributed by atoms with Gasteiger partial charge in [-0.25, -0.2) is 4.79 Å². The fourth-order valence-corrected chi connectivity index (χ4v) is 1.98. The van der Waals surface area contributed by atoms with Crippen molar-refractivity contribution in [2.24, 2.45) is 0 Å². The van der Waals surface area contributed by atoms with Crippen LogP contribution in [0.3, 0.4) is 0 Å². The first-order valence-corrected chi connectivity index (χ1v) is 7.01. The monoisotopic (exact) mass is 318 g/mol. The normalized spacial score (nSPS) is 10.2. The molecule has 0 bridgehead atoms. The zero-order chi connectivity index (χ0) is 16.8. The lowest BCUT2D eigenvalue weighted by Gasteiger charge is -2.08. The van der Waals surface area contributed by atoms with Crippen LogP contribution in [0.25, 0.3) is 0 Å². The maximum absolute atomic E-state index is 12.1. The van der Waals surface area contributed by atoms with E-state index in [1.165, 1.54) is 7.11 Å². The quantitative estimate of drug-likeness (QED) is 0.820. The zero-order valence-electron chi connectivity index (χ0n) is 13.2. The molecule has 0 aliphatic rings. The molecule has 122 valence electrons. The van der Waals surface area contributed by atoms with Gasteiger partial charge >= 0.3 is 5.97 Å². The van der Waals surface area contributed by atoms with Crippen LogP contribution in [0, 0.1) is 13.8 Å². The van der Waals surface area contributed by atoms with E-state index in [9.17, 15) is 9.59 Å². The number of hydrogen-bond donors (Lipinski definition) is 1. The topological polar surface area (TPSA) is 90.7 Å². The number of ether oxygens (including phenoxy) is 2. The largest absolute Gasteiger partial charge is 0.482 e. The molecule has 0 unspecified atom stereocenters. The van der Waals surface area contributed by atoms with Gasteiger partial charge in [-0.3, -0.25) is 4.79 Å². The molecule has 7 nitrogen and oxygen atoms in total. The molecule has 2 aromatic rings. The highest BCUT2D eigenvalue weighted by Crippen LogP contribution is 2.18. The molecule has 0 radical (unpaired) electrons. The van der Waals surface area contributed by atoms with Crippen molar-refractivity contribution in [3.8, 4) is 5.75 Å². The fraction of sp³-hybridized carbons (Fsp3) is 0.312. The molecule has 0 fully saturated rings. The predicted molar refractivity (Wildman–Crippen MR) is 82.3 cm³/mol. The summed E-state index contributed by atoms with van der Waals surface area (Å²) in [5.74, 6) is 0.431. The number of esters is 1. The van der Waals surface area contributed by atoms with Gasteiger partial charge in [0, 0.05) is 17.3 Å². The third-order valence-corrected chi connectivity index (χ3v) is 3.22. The Bertz CT molecular complexity index is 689. The minimum absolute atomic E-state index is 0.175. The number of benzene rings is 1. The van der Waals surface area contributed by atoms with Crippen molar-refractivity contribution in [1.82, 2.24) is 5.16 Å². The summed E-state index contributed by atoms with van der Waals surface area (Å²) in [6, 6.07) is 6.77. The van der Waals surface area contributed by atoms with Crippen LogP contribution in [0.1, 0.15) is 17.0 Å². The number of methoxy groups -OCH3 is 1. The number of aromatic nitrogens is 1. The minimum Gasteiger partial charge on any atom is -0.482 e. The highest BCUT2D eigenvalue weighted by Gasteiger charge is 2.13. The Hall–Kier alpha value is -2.83. The molecule has 1 heterocycles. The first-order valence-electron chi connectivity index (χ1n) is 7.01. The highest BCUT2D eigenvalue weighted by atomic mass is 16.6. The standard InChI is InChI=1S/C16H18N2O5/c1-10-14(11(2)23-18-10)8-15(19)17-12-5-4-6-13(7-12)22-9-16(20)21-3/h4-7H,8-9H2,1-3H3,(H,17,19). The summed E-state index contributed by atoms with van der Waals surface area (Å²) in [5.41, 5.74) is 2.05. The molecule has 0 atom stereocenters. The van der Waals surface area contributed by atoms with Gasteiger partial charge < -0.3 is 19.3 Å². The van der Waals surface area contributed by atoms with Gasteiger partial charge in [-0.1, -0.05) is 11.2 Å². The number of amides is 1. The van der Waals surface area contributed by atoms with E-state index in [0.29, 0.717) is 22.9 Å². The van der Waals surface area contributed by atoms with Crippen molar-refractivity contribution in [1.29, 1.82) is 0 Å². The Balaban J connectivity index is 1.97. The molecule has 0 saturated carbocycles. The average molecular weight is 318 g/mol. The number of rotatable bonds is 6. The number of carbonyl (C=O) groups excluding carboxylic acids is 2. The van der Waals surface area contributed by atoms with Crippen molar-refractivity contribution < 1.29 is 23.6 Å². The molecule has 1 amide bonds. The smallest absolute Gasteiger partial charge is 0.343 e. The molecule has 1 aromatic carbocycles. The van der Waals surface area contributed by atoms with Gasteiger partial charge in [0.05, 0.1) is 19.2 Å². The Morgan fingerprint density at radius 3 is 2.74 bits per heavy atom. The summed E-state index contributed by atoms with van der Waals surface area (Å²) >= 11 is 0. The molecule has 0 spiro atoms. The van der Waals surface area contributed by atoms with E-state index in [0.717, 1.165) is 5.56 Å². The molecular weight excluding hydrogens is 300 g/mol. The van der Waals surface area contributed by atoms with Crippen LogP contribution in [-0.2, 0) is 20.7 Å². The number of aryl methyl sites for hydroxylation is 2.